The predicted octanol–water partition coefficient (Wildman–Crippen LogP) is 1.58. The second kappa shape index (κ2) is 9.13. The van der Waals surface area contributed by atoms with Crippen LogP contribution in [0.1, 0.15) is 20.8 Å². The number of nitrogens with one attached hydrogen (secondary N) is 1. The van der Waals surface area contributed by atoms with Crippen LogP contribution in [0.2, 0.25) is 0 Å². The quantitative estimate of drug-likeness (QED) is 0.521. The zero-order valence-corrected chi connectivity index (χ0v) is 11.0. The summed E-state index contributed by atoms with van der Waals surface area (Å²) in [6.45, 7) is 11.4. The van der Waals surface area contributed by atoms with E-state index in [9.17, 15) is 4.79 Å². The van der Waals surface area contributed by atoms with Gasteiger partial charge in [0.05, 0.1) is 19.8 Å². The average Bonchev–Trinajstić information content (AvgIpc) is 2.19. The third-order valence-electron chi connectivity index (χ3n) is 1.52. The highest BCUT2D eigenvalue weighted by Crippen LogP contribution is 2.05. The first-order chi connectivity index (χ1) is 7.95. The van der Waals surface area contributed by atoms with E-state index >= 15 is 0 Å². The van der Waals surface area contributed by atoms with Crippen molar-refractivity contribution in [2.45, 2.75) is 26.4 Å². The molecule has 0 aromatic rings. The summed E-state index contributed by atoms with van der Waals surface area (Å²) >= 11 is 0. The molecular formula is C12H23NO4. The van der Waals surface area contributed by atoms with Crippen LogP contribution in [-0.4, -0.2) is 44.7 Å². The number of carbonyl (C=O) groups excluding carboxylic acids is 1. The lowest BCUT2D eigenvalue weighted by Crippen LogP contribution is -2.34. The van der Waals surface area contributed by atoms with Crippen molar-refractivity contribution in [3.63, 3.8) is 0 Å². The molecule has 0 rings (SSSR count). The van der Waals surface area contributed by atoms with Gasteiger partial charge in [-0.3, -0.25) is 0 Å². The van der Waals surface area contributed by atoms with Gasteiger partial charge in [0.1, 0.15) is 5.60 Å². The Morgan fingerprint density at radius 1 is 1.24 bits per heavy atom. The first-order valence-electron chi connectivity index (χ1n) is 5.69. The lowest BCUT2D eigenvalue weighted by molar-refractivity contribution is 0.0432. The summed E-state index contributed by atoms with van der Waals surface area (Å²) in [4.78, 5) is 11.2. The summed E-state index contributed by atoms with van der Waals surface area (Å²) in [5.74, 6) is 0. The lowest BCUT2D eigenvalue weighted by atomic mass is 10.2. The molecule has 0 fully saturated rings. The van der Waals surface area contributed by atoms with Gasteiger partial charge >= 0.3 is 6.09 Å². The monoisotopic (exact) mass is 245 g/mol. The van der Waals surface area contributed by atoms with E-state index in [1.807, 2.05) is 20.8 Å². The normalized spacial score (nSPS) is 11.1. The van der Waals surface area contributed by atoms with Crippen molar-refractivity contribution in [1.29, 1.82) is 0 Å². The fourth-order valence-electron chi connectivity index (χ4n) is 0.926. The summed E-state index contributed by atoms with van der Waals surface area (Å²) in [7, 11) is 0. The van der Waals surface area contributed by atoms with Gasteiger partial charge in [-0.05, 0) is 27.2 Å². The van der Waals surface area contributed by atoms with Crippen molar-refractivity contribution in [2.75, 3.05) is 33.0 Å². The molecule has 5 nitrogen and oxygen atoms in total. The maximum absolute atomic E-state index is 11.2. The van der Waals surface area contributed by atoms with E-state index in [1.54, 1.807) is 6.42 Å². The third kappa shape index (κ3) is 13.0. The molecule has 0 aliphatic heterocycles. The number of amides is 1. The molecular weight excluding hydrogens is 222 g/mol. The number of hydrogen-bond acceptors (Lipinski definition) is 4. The first-order valence-corrected chi connectivity index (χ1v) is 5.69. The SMILES string of the molecule is [CH2-][CH+]COCCOCCNC(=O)OC(C)(C)C. The zero-order valence-electron chi connectivity index (χ0n) is 11.0. The molecule has 0 heterocycles. The van der Waals surface area contributed by atoms with E-state index in [0.29, 0.717) is 33.0 Å². The van der Waals surface area contributed by atoms with Crippen LogP contribution >= 0.6 is 0 Å². The predicted molar refractivity (Wildman–Crippen MR) is 65.5 cm³/mol. The van der Waals surface area contributed by atoms with Gasteiger partial charge in [-0.15, -0.1) is 6.92 Å². The van der Waals surface area contributed by atoms with E-state index < -0.39 is 11.7 Å². The van der Waals surface area contributed by atoms with Gasteiger partial charge in [0.25, 0.3) is 0 Å². The van der Waals surface area contributed by atoms with E-state index in [2.05, 4.69) is 12.2 Å². The molecule has 0 aliphatic carbocycles. The molecule has 0 unspecified atom stereocenters. The van der Waals surface area contributed by atoms with E-state index in [4.69, 9.17) is 14.2 Å². The topological polar surface area (TPSA) is 56.8 Å². The van der Waals surface area contributed by atoms with Crippen molar-refractivity contribution in [3.05, 3.63) is 13.3 Å². The molecule has 5 heteroatoms. The molecule has 0 aromatic carbocycles. The standard InChI is InChI=1S/C12H23NO4/c1-5-7-15-9-10-16-8-6-13-11(14)17-12(2,3)4/h5H,1,6-10H2,2-4H3,(H,13,14). The van der Waals surface area contributed by atoms with Crippen LogP contribution < -0.4 is 5.32 Å². The summed E-state index contributed by atoms with van der Waals surface area (Å²) in [6.07, 6.45) is 1.26. The van der Waals surface area contributed by atoms with Crippen LogP contribution in [0.25, 0.3) is 0 Å². The number of rotatable bonds is 8. The Kier molecular flexibility index (Phi) is 8.62. The highest BCUT2D eigenvalue weighted by atomic mass is 16.6. The van der Waals surface area contributed by atoms with Gasteiger partial charge in [-0.25, -0.2) is 4.79 Å². The molecule has 0 saturated heterocycles. The second-order valence-electron chi connectivity index (χ2n) is 4.40. The molecule has 0 bridgehead atoms. The van der Waals surface area contributed by atoms with E-state index in [1.165, 1.54) is 0 Å². The Bertz CT molecular complexity index is 201. The fraction of sp³-hybridized carbons (Fsp3) is 0.750. The molecule has 0 spiro atoms. The summed E-state index contributed by atoms with van der Waals surface area (Å²) < 4.78 is 15.4. The van der Waals surface area contributed by atoms with Crippen molar-refractivity contribution in [2.24, 2.45) is 0 Å². The summed E-state index contributed by atoms with van der Waals surface area (Å²) in [5, 5.41) is 2.60. The zero-order chi connectivity index (χ0) is 13.1. The van der Waals surface area contributed by atoms with E-state index in [0.717, 1.165) is 0 Å². The summed E-state index contributed by atoms with van der Waals surface area (Å²) in [5.41, 5.74) is -0.469. The molecule has 0 radical (unpaired) electrons. The second-order valence-corrected chi connectivity index (χ2v) is 4.40. The van der Waals surface area contributed by atoms with Gasteiger partial charge in [-0.2, -0.15) is 0 Å². The van der Waals surface area contributed by atoms with Crippen molar-refractivity contribution in [1.82, 2.24) is 5.32 Å². The molecule has 100 valence electrons. The molecule has 0 aliphatic rings. The maximum atomic E-state index is 11.2. The van der Waals surface area contributed by atoms with Crippen LogP contribution in [0, 0.1) is 13.3 Å². The minimum absolute atomic E-state index is 0.427. The molecule has 17 heavy (non-hydrogen) atoms. The minimum Gasteiger partial charge on any atom is -0.444 e. The third-order valence-corrected chi connectivity index (χ3v) is 1.52. The molecule has 0 atom stereocenters. The van der Waals surface area contributed by atoms with Crippen molar-refractivity contribution >= 4 is 6.09 Å². The smallest absolute Gasteiger partial charge is 0.407 e. The summed E-state index contributed by atoms with van der Waals surface area (Å²) in [6, 6.07) is 0. The van der Waals surface area contributed by atoms with Gasteiger partial charge < -0.3 is 19.5 Å². The van der Waals surface area contributed by atoms with E-state index in [-0.39, 0.29) is 0 Å². The maximum Gasteiger partial charge on any atom is 0.407 e. The average molecular weight is 245 g/mol. The Hall–Kier alpha value is -0.940. The van der Waals surface area contributed by atoms with Crippen LogP contribution in [0.15, 0.2) is 0 Å². The highest BCUT2D eigenvalue weighted by molar-refractivity contribution is 5.67. The van der Waals surface area contributed by atoms with Gasteiger partial charge in [0.15, 0.2) is 6.61 Å². The number of alkyl carbamates (subject to hydrolysis) is 1. The van der Waals surface area contributed by atoms with Gasteiger partial charge in [-0.1, -0.05) is 0 Å². The highest BCUT2D eigenvalue weighted by Gasteiger charge is 2.15. The first kappa shape index (κ1) is 16.1. The molecule has 1 N–H and O–H groups in total. The Balaban J connectivity index is 3.25. The van der Waals surface area contributed by atoms with Crippen LogP contribution in [-0.2, 0) is 14.2 Å². The van der Waals surface area contributed by atoms with Crippen LogP contribution in [0.3, 0.4) is 0 Å². The lowest BCUT2D eigenvalue weighted by Gasteiger charge is -2.19. The number of hydrogen-bond donors (Lipinski definition) is 1. The Morgan fingerprint density at radius 3 is 2.47 bits per heavy atom. The van der Waals surface area contributed by atoms with Crippen LogP contribution in [0.4, 0.5) is 4.79 Å². The van der Waals surface area contributed by atoms with Crippen molar-refractivity contribution < 1.29 is 19.0 Å². The molecule has 1 amide bonds. The molecule has 0 saturated carbocycles. The number of carbonyl (C=O) groups is 1. The fourth-order valence-corrected chi connectivity index (χ4v) is 0.926. The van der Waals surface area contributed by atoms with Crippen LogP contribution in [0.5, 0.6) is 0 Å². The Labute approximate surface area is 104 Å². The largest absolute Gasteiger partial charge is 0.444 e. The van der Waals surface area contributed by atoms with Gasteiger partial charge in [0, 0.05) is 6.54 Å². The van der Waals surface area contributed by atoms with Crippen molar-refractivity contribution in [3.8, 4) is 0 Å². The number of ether oxygens (including phenoxy) is 3. The van der Waals surface area contributed by atoms with Gasteiger partial charge in [0.2, 0.25) is 0 Å². The Morgan fingerprint density at radius 2 is 1.88 bits per heavy atom. The minimum atomic E-state index is -0.469. The molecule has 0 aromatic heterocycles.